The molecule has 300 valence electrons. The van der Waals surface area contributed by atoms with Gasteiger partial charge in [0.2, 0.25) is 0 Å². The summed E-state index contributed by atoms with van der Waals surface area (Å²) >= 11 is 12.5. The largest absolute Gasteiger partial charge is 0.506 e. The van der Waals surface area contributed by atoms with E-state index in [0.717, 1.165) is 42.3 Å². The maximum Gasteiger partial charge on any atom is 0.139 e. The normalized spacial score (nSPS) is 11.1. The van der Waals surface area contributed by atoms with E-state index in [2.05, 4.69) is 95.5 Å². The molecule has 4 aromatic carbocycles. The van der Waals surface area contributed by atoms with Gasteiger partial charge in [0.05, 0.1) is 26.6 Å². The van der Waals surface area contributed by atoms with Crippen molar-refractivity contribution in [2.45, 2.75) is 64.9 Å². The first-order valence-corrected chi connectivity index (χ1v) is 20.1. The molecule has 6 aromatic rings. The highest BCUT2D eigenvalue weighted by Crippen LogP contribution is 2.38. The van der Waals surface area contributed by atoms with Gasteiger partial charge in [0, 0.05) is 38.3 Å². The van der Waals surface area contributed by atoms with Gasteiger partial charge in [0.1, 0.15) is 41.2 Å². The predicted molar refractivity (Wildman–Crippen MR) is 234 cm³/mol. The van der Waals surface area contributed by atoms with Gasteiger partial charge in [0.25, 0.3) is 0 Å². The fourth-order valence-corrected chi connectivity index (χ4v) is 6.64. The van der Waals surface area contributed by atoms with Gasteiger partial charge in [0.15, 0.2) is 0 Å². The molecule has 0 radical (unpaired) electrons. The number of hydrogen-bond donors (Lipinski definition) is 1. The van der Waals surface area contributed by atoms with Crippen molar-refractivity contribution in [1.29, 1.82) is 0 Å². The van der Waals surface area contributed by atoms with Crippen LogP contribution in [0.2, 0.25) is 0 Å². The van der Waals surface area contributed by atoms with E-state index in [4.69, 9.17) is 30.9 Å². The molecule has 0 fully saturated rings. The van der Waals surface area contributed by atoms with Crippen LogP contribution in [0.15, 0.2) is 119 Å². The van der Waals surface area contributed by atoms with Crippen molar-refractivity contribution in [2.24, 2.45) is 0 Å². The van der Waals surface area contributed by atoms with Gasteiger partial charge in [-0.3, -0.25) is 9.97 Å². The standard InChI is InChI=1S/C23H23BrFNO2.C18H20ClFO.C5H4BrNO/c1-23(2,3)21-9-15(14-28-18-10-16(24)12-26-13-18)5-7-19(21)20-11-17(27-4)6-8-22(20)25;1-18(2,3)16-9-12(11-19)5-7-14(16)15-10-13(21-4)6-8-17(15)20;6-4-1-5(8)3-7-2-4/h5-13H,14H2,1-4H3;5-10H,11H2,1-4H3;1-3,8H. The van der Waals surface area contributed by atoms with Crippen molar-refractivity contribution in [2.75, 3.05) is 14.2 Å². The molecule has 6 rings (SSSR count). The van der Waals surface area contributed by atoms with Crippen LogP contribution in [0.5, 0.6) is 23.0 Å². The number of pyridine rings is 2. The smallest absolute Gasteiger partial charge is 0.139 e. The van der Waals surface area contributed by atoms with Crippen molar-refractivity contribution in [3.63, 3.8) is 0 Å². The highest BCUT2D eigenvalue weighted by molar-refractivity contribution is 9.10. The van der Waals surface area contributed by atoms with Crippen LogP contribution in [0.3, 0.4) is 0 Å². The molecular weight excluding hydrogens is 878 g/mol. The summed E-state index contributed by atoms with van der Waals surface area (Å²) in [5.74, 6) is 2.08. The number of methoxy groups -OCH3 is 2. The lowest BCUT2D eigenvalue weighted by Gasteiger charge is -2.24. The molecule has 0 aliphatic rings. The van der Waals surface area contributed by atoms with E-state index in [-0.39, 0.29) is 28.2 Å². The summed E-state index contributed by atoms with van der Waals surface area (Å²) in [5, 5.41) is 8.72. The van der Waals surface area contributed by atoms with Crippen molar-refractivity contribution < 1.29 is 28.1 Å². The van der Waals surface area contributed by atoms with E-state index < -0.39 is 0 Å². The number of aromatic nitrogens is 2. The van der Waals surface area contributed by atoms with E-state index in [9.17, 15) is 8.78 Å². The molecule has 0 unspecified atom stereocenters. The van der Waals surface area contributed by atoms with Gasteiger partial charge in [-0.2, -0.15) is 0 Å². The van der Waals surface area contributed by atoms with E-state index in [1.54, 1.807) is 63.1 Å². The summed E-state index contributed by atoms with van der Waals surface area (Å²) < 4.78 is 46.8. The summed E-state index contributed by atoms with van der Waals surface area (Å²) in [6, 6.07) is 25.0. The van der Waals surface area contributed by atoms with Crippen LogP contribution in [0, 0.1) is 11.6 Å². The summed E-state index contributed by atoms with van der Waals surface area (Å²) in [6.07, 6.45) is 6.38. The van der Waals surface area contributed by atoms with Crippen molar-refractivity contribution in [3.05, 3.63) is 153 Å². The Morgan fingerprint density at radius 2 is 1.05 bits per heavy atom. The van der Waals surface area contributed by atoms with Crippen LogP contribution < -0.4 is 14.2 Å². The Morgan fingerprint density at radius 3 is 1.47 bits per heavy atom. The van der Waals surface area contributed by atoms with Gasteiger partial charge in [-0.15, -0.1) is 11.6 Å². The lowest BCUT2D eigenvalue weighted by molar-refractivity contribution is 0.304. The topological polar surface area (TPSA) is 73.7 Å². The zero-order chi connectivity index (χ0) is 41.9. The van der Waals surface area contributed by atoms with Crippen LogP contribution in [0.1, 0.15) is 63.8 Å². The van der Waals surface area contributed by atoms with Crippen LogP contribution in [-0.4, -0.2) is 29.3 Å². The third-order valence-electron chi connectivity index (χ3n) is 8.64. The minimum Gasteiger partial charge on any atom is -0.506 e. The molecule has 0 atom stereocenters. The summed E-state index contributed by atoms with van der Waals surface area (Å²) in [4.78, 5) is 7.79. The number of rotatable bonds is 8. The first kappa shape index (κ1) is 45.2. The number of halogens is 5. The predicted octanol–water partition coefficient (Wildman–Crippen LogP) is 13.6. The number of alkyl halides is 1. The summed E-state index contributed by atoms with van der Waals surface area (Å²) in [6.45, 7) is 13.1. The van der Waals surface area contributed by atoms with E-state index in [0.29, 0.717) is 40.9 Å². The zero-order valence-electron chi connectivity index (χ0n) is 33.3. The Kier molecular flexibility index (Phi) is 16.1. The minimum atomic E-state index is -0.268. The van der Waals surface area contributed by atoms with Gasteiger partial charge in [-0.1, -0.05) is 77.9 Å². The second kappa shape index (κ2) is 20.3. The minimum absolute atomic E-state index is 0.104. The van der Waals surface area contributed by atoms with E-state index >= 15 is 0 Å². The van der Waals surface area contributed by atoms with Crippen LogP contribution in [0.4, 0.5) is 8.78 Å². The Morgan fingerprint density at radius 1 is 0.579 bits per heavy atom. The SMILES string of the molecule is COc1ccc(F)c(-c2ccc(CCl)cc2C(C)(C)C)c1.COc1ccc(F)c(-c2ccc(COc3cncc(Br)c3)cc2C(C)(C)C)c1.Oc1cncc(Br)c1. The lowest BCUT2D eigenvalue weighted by Crippen LogP contribution is -2.14. The van der Waals surface area contributed by atoms with Crippen molar-refractivity contribution in [3.8, 4) is 45.3 Å². The Hall–Kier alpha value is -4.51. The Labute approximate surface area is 356 Å². The molecule has 57 heavy (non-hydrogen) atoms. The van der Waals surface area contributed by atoms with Crippen molar-refractivity contribution >= 4 is 43.5 Å². The fourth-order valence-electron chi connectivity index (χ4n) is 5.78. The second-order valence-electron chi connectivity index (χ2n) is 15.1. The molecule has 0 amide bonds. The van der Waals surface area contributed by atoms with Gasteiger partial charge in [-0.25, -0.2) is 8.78 Å². The number of ether oxygens (including phenoxy) is 3. The molecular formula is C46H47Br2ClF2N2O4. The highest BCUT2D eigenvalue weighted by atomic mass is 79.9. The molecule has 0 spiro atoms. The lowest BCUT2D eigenvalue weighted by atomic mass is 9.81. The van der Waals surface area contributed by atoms with Gasteiger partial charge in [-0.05, 0) is 125 Å². The molecule has 0 aliphatic heterocycles. The Balaban J connectivity index is 0.000000217. The van der Waals surface area contributed by atoms with Crippen LogP contribution in [0.25, 0.3) is 22.3 Å². The maximum absolute atomic E-state index is 14.6. The molecule has 11 heteroatoms. The Bertz CT molecular complexity index is 2260. The first-order chi connectivity index (χ1) is 26.9. The average Bonchev–Trinajstić information content (AvgIpc) is 3.17. The molecule has 1 N–H and O–H groups in total. The monoisotopic (exact) mass is 922 g/mol. The molecule has 2 heterocycles. The quantitative estimate of drug-likeness (QED) is 0.153. The van der Waals surface area contributed by atoms with E-state index in [1.165, 1.54) is 18.3 Å². The van der Waals surface area contributed by atoms with Gasteiger partial charge >= 0.3 is 0 Å². The molecule has 0 saturated heterocycles. The van der Waals surface area contributed by atoms with Gasteiger partial charge < -0.3 is 19.3 Å². The molecule has 0 aliphatic carbocycles. The van der Waals surface area contributed by atoms with Crippen LogP contribution in [-0.2, 0) is 23.3 Å². The average molecular weight is 925 g/mol. The molecule has 6 nitrogen and oxygen atoms in total. The first-order valence-electron chi connectivity index (χ1n) is 18.0. The molecule has 0 saturated carbocycles. The number of benzene rings is 4. The van der Waals surface area contributed by atoms with Crippen molar-refractivity contribution in [1.82, 2.24) is 9.97 Å². The third-order valence-corrected chi connectivity index (χ3v) is 9.82. The molecule has 2 aromatic heterocycles. The zero-order valence-corrected chi connectivity index (χ0v) is 37.2. The summed E-state index contributed by atoms with van der Waals surface area (Å²) in [5.41, 5.74) is 6.73. The fraction of sp³-hybridized carbons (Fsp3) is 0.261. The number of aromatic hydroxyl groups is 1. The molecule has 0 bridgehead atoms. The van der Waals surface area contributed by atoms with E-state index in [1.807, 2.05) is 30.3 Å². The van der Waals surface area contributed by atoms with Crippen LogP contribution >= 0.6 is 43.5 Å². The number of hydrogen-bond acceptors (Lipinski definition) is 6. The summed E-state index contributed by atoms with van der Waals surface area (Å²) in [7, 11) is 3.16. The third kappa shape index (κ3) is 13.0. The second-order valence-corrected chi connectivity index (χ2v) is 17.2. The maximum atomic E-state index is 14.6. The highest BCUT2D eigenvalue weighted by Gasteiger charge is 2.23. The number of nitrogens with zero attached hydrogens (tertiary/aromatic N) is 2.